The number of benzene rings is 1. The van der Waals surface area contributed by atoms with Crippen LogP contribution in [0.2, 0.25) is 0 Å². The number of hydrogen-bond donors (Lipinski definition) is 1. The van der Waals surface area contributed by atoms with Crippen LogP contribution in [0.1, 0.15) is 41.9 Å². The molecule has 0 aliphatic carbocycles. The number of aryl methyl sites for hydroxylation is 3. The van der Waals surface area contributed by atoms with Gasteiger partial charge >= 0.3 is 0 Å². The van der Waals surface area contributed by atoms with Crippen molar-refractivity contribution in [2.45, 2.75) is 47.1 Å². The van der Waals surface area contributed by atoms with Gasteiger partial charge in [-0.3, -0.25) is 0 Å². The van der Waals surface area contributed by atoms with Gasteiger partial charge in [0.15, 0.2) is 0 Å². The Kier molecular flexibility index (Phi) is 4.05. The average Bonchev–Trinajstić information content (AvgIpc) is 2.74. The van der Waals surface area contributed by atoms with Crippen LogP contribution in [0, 0.1) is 13.8 Å². The lowest BCUT2D eigenvalue weighted by atomic mass is 10.1. The fraction of sp³-hybridized carbons (Fsp3) is 0.438. The molecule has 1 aromatic carbocycles. The maximum Gasteiger partial charge on any atom is 0.0674 e. The Balaban J connectivity index is 2.64. The van der Waals surface area contributed by atoms with Gasteiger partial charge in [-0.25, -0.2) is 4.68 Å². The van der Waals surface area contributed by atoms with Crippen molar-refractivity contribution in [1.82, 2.24) is 9.78 Å². The third-order valence-corrected chi connectivity index (χ3v) is 3.50. The predicted molar refractivity (Wildman–Crippen MR) is 79.7 cm³/mol. The van der Waals surface area contributed by atoms with Crippen molar-refractivity contribution in [3.05, 3.63) is 46.3 Å². The van der Waals surface area contributed by atoms with Gasteiger partial charge in [0.2, 0.25) is 0 Å². The van der Waals surface area contributed by atoms with Gasteiger partial charge in [-0.2, -0.15) is 5.10 Å². The standard InChI is InChI=1S/C16H23N3/c1-5-15-14(10-17)16(6-2)19(18-15)13-8-11(3)7-12(4)9-13/h7-9H,5-6,10,17H2,1-4H3. The number of nitrogens with two attached hydrogens (primary N) is 1. The topological polar surface area (TPSA) is 43.8 Å². The monoisotopic (exact) mass is 257 g/mol. The second-order valence-corrected chi connectivity index (χ2v) is 5.04. The van der Waals surface area contributed by atoms with Crippen LogP contribution >= 0.6 is 0 Å². The molecule has 0 radical (unpaired) electrons. The summed E-state index contributed by atoms with van der Waals surface area (Å²) in [7, 11) is 0. The highest BCUT2D eigenvalue weighted by Crippen LogP contribution is 2.21. The van der Waals surface area contributed by atoms with Gasteiger partial charge in [0, 0.05) is 17.8 Å². The van der Waals surface area contributed by atoms with Crippen LogP contribution in [0.3, 0.4) is 0 Å². The molecule has 19 heavy (non-hydrogen) atoms. The minimum Gasteiger partial charge on any atom is -0.326 e. The maximum atomic E-state index is 5.90. The first-order valence-corrected chi connectivity index (χ1v) is 6.99. The lowest BCUT2D eigenvalue weighted by Gasteiger charge is -2.09. The normalized spacial score (nSPS) is 11.0. The molecule has 2 N–H and O–H groups in total. The summed E-state index contributed by atoms with van der Waals surface area (Å²) in [4.78, 5) is 0. The molecule has 1 aromatic heterocycles. The lowest BCUT2D eigenvalue weighted by molar-refractivity contribution is 0.791. The molecule has 1 heterocycles. The van der Waals surface area contributed by atoms with E-state index in [0.29, 0.717) is 6.54 Å². The van der Waals surface area contributed by atoms with E-state index in [4.69, 9.17) is 10.8 Å². The molecule has 0 aliphatic rings. The van der Waals surface area contributed by atoms with Crippen molar-refractivity contribution >= 4 is 0 Å². The van der Waals surface area contributed by atoms with Crippen molar-refractivity contribution in [3.8, 4) is 5.69 Å². The Morgan fingerprint density at radius 2 is 1.68 bits per heavy atom. The smallest absolute Gasteiger partial charge is 0.0674 e. The van der Waals surface area contributed by atoms with E-state index in [2.05, 4.69) is 50.6 Å². The van der Waals surface area contributed by atoms with Gasteiger partial charge in [0.1, 0.15) is 0 Å². The number of hydrogen-bond acceptors (Lipinski definition) is 2. The van der Waals surface area contributed by atoms with Gasteiger partial charge in [0.25, 0.3) is 0 Å². The summed E-state index contributed by atoms with van der Waals surface area (Å²) in [6.07, 6.45) is 1.88. The summed E-state index contributed by atoms with van der Waals surface area (Å²) in [5.41, 5.74) is 13.1. The molecular weight excluding hydrogens is 234 g/mol. The van der Waals surface area contributed by atoms with E-state index < -0.39 is 0 Å². The molecule has 0 aliphatic heterocycles. The van der Waals surface area contributed by atoms with Crippen molar-refractivity contribution in [3.63, 3.8) is 0 Å². The van der Waals surface area contributed by atoms with Crippen LogP contribution in [0.5, 0.6) is 0 Å². The van der Waals surface area contributed by atoms with E-state index in [1.54, 1.807) is 0 Å². The molecule has 3 heteroatoms. The Hall–Kier alpha value is -1.61. The summed E-state index contributed by atoms with van der Waals surface area (Å²) in [5.74, 6) is 0. The fourth-order valence-electron chi connectivity index (χ4n) is 2.71. The van der Waals surface area contributed by atoms with E-state index in [0.717, 1.165) is 24.2 Å². The molecule has 102 valence electrons. The first-order chi connectivity index (χ1) is 9.10. The van der Waals surface area contributed by atoms with Gasteiger partial charge in [-0.05, 0) is 49.9 Å². The zero-order valence-corrected chi connectivity index (χ0v) is 12.3. The Morgan fingerprint density at radius 3 is 2.16 bits per heavy atom. The van der Waals surface area contributed by atoms with E-state index in [1.807, 2.05) is 0 Å². The van der Waals surface area contributed by atoms with Gasteiger partial charge in [-0.15, -0.1) is 0 Å². The van der Waals surface area contributed by atoms with Crippen molar-refractivity contribution in [2.75, 3.05) is 0 Å². The van der Waals surface area contributed by atoms with Crippen LogP contribution in [-0.2, 0) is 19.4 Å². The van der Waals surface area contributed by atoms with Crippen molar-refractivity contribution in [1.29, 1.82) is 0 Å². The van der Waals surface area contributed by atoms with Crippen LogP contribution in [-0.4, -0.2) is 9.78 Å². The molecular formula is C16H23N3. The summed E-state index contributed by atoms with van der Waals surface area (Å²) in [6.45, 7) is 9.10. The predicted octanol–water partition coefficient (Wildman–Crippen LogP) is 3.07. The summed E-state index contributed by atoms with van der Waals surface area (Å²) in [5, 5.41) is 4.76. The minimum absolute atomic E-state index is 0.567. The summed E-state index contributed by atoms with van der Waals surface area (Å²) < 4.78 is 2.07. The summed E-state index contributed by atoms with van der Waals surface area (Å²) in [6, 6.07) is 6.54. The highest BCUT2D eigenvalue weighted by molar-refractivity contribution is 5.42. The molecule has 3 nitrogen and oxygen atoms in total. The molecule has 0 atom stereocenters. The number of rotatable bonds is 4. The summed E-state index contributed by atoms with van der Waals surface area (Å²) >= 11 is 0. The third-order valence-electron chi connectivity index (χ3n) is 3.50. The van der Waals surface area contributed by atoms with Crippen LogP contribution in [0.15, 0.2) is 18.2 Å². The van der Waals surface area contributed by atoms with E-state index >= 15 is 0 Å². The first kappa shape index (κ1) is 13.8. The quantitative estimate of drug-likeness (QED) is 0.914. The molecule has 0 saturated carbocycles. The minimum atomic E-state index is 0.567. The van der Waals surface area contributed by atoms with E-state index in [-0.39, 0.29) is 0 Å². The Morgan fingerprint density at radius 1 is 1.05 bits per heavy atom. The SMILES string of the molecule is CCc1nn(-c2cc(C)cc(C)c2)c(CC)c1CN. The zero-order chi connectivity index (χ0) is 14.0. The molecule has 0 unspecified atom stereocenters. The highest BCUT2D eigenvalue weighted by atomic mass is 15.3. The van der Waals surface area contributed by atoms with Gasteiger partial charge < -0.3 is 5.73 Å². The third kappa shape index (κ3) is 2.56. The molecule has 0 saturated heterocycles. The zero-order valence-electron chi connectivity index (χ0n) is 12.3. The van der Waals surface area contributed by atoms with E-state index in [1.165, 1.54) is 22.4 Å². The fourth-order valence-corrected chi connectivity index (χ4v) is 2.71. The molecule has 0 spiro atoms. The second-order valence-electron chi connectivity index (χ2n) is 5.04. The Labute approximate surface area is 115 Å². The molecule has 0 fully saturated rings. The molecule has 2 aromatic rings. The molecule has 0 amide bonds. The number of aromatic nitrogens is 2. The Bertz CT molecular complexity index is 562. The maximum absolute atomic E-state index is 5.90. The second kappa shape index (κ2) is 5.57. The lowest BCUT2D eigenvalue weighted by Crippen LogP contribution is -2.05. The van der Waals surface area contributed by atoms with Gasteiger partial charge in [-0.1, -0.05) is 19.9 Å². The first-order valence-electron chi connectivity index (χ1n) is 6.99. The van der Waals surface area contributed by atoms with Crippen LogP contribution < -0.4 is 5.73 Å². The molecule has 2 rings (SSSR count). The molecule has 0 bridgehead atoms. The van der Waals surface area contributed by atoms with E-state index in [9.17, 15) is 0 Å². The van der Waals surface area contributed by atoms with Gasteiger partial charge in [0.05, 0.1) is 11.4 Å². The van der Waals surface area contributed by atoms with Crippen molar-refractivity contribution in [2.24, 2.45) is 5.73 Å². The van der Waals surface area contributed by atoms with Crippen LogP contribution in [0.4, 0.5) is 0 Å². The largest absolute Gasteiger partial charge is 0.326 e. The highest BCUT2D eigenvalue weighted by Gasteiger charge is 2.15. The van der Waals surface area contributed by atoms with Crippen molar-refractivity contribution < 1.29 is 0 Å². The number of nitrogens with zero attached hydrogens (tertiary/aromatic N) is 2. The average molecular weight is 257 g/mol. The van der Waals surface area contributed by atoms with Crippen LogP contribution in [0.25, 0.3) is 5.69 Å².